The third-order valence-electron chi connectivity index (χ3n) is 3.54. The van der Waals surface area contributed by atoms with E-state index >= 15 is 0 Å². The zero-order valence-electron chi connectivity index (χ0n) is 11.9. The van der Waals surface area contributed by atoms with E-state index in [-0.39, 0.29) is 11.8 Å². The van der Waals surface area contributed by atoms with Gasteiger partial charge in [-0.1, -0.05) is 0 Å². The highest BCUT2D eigenvalue weighted by molar-refractivity contribution is 5.97. The number of nitrogens with zero attached hydrogens (tertiary/aromatic N) is 4. The van der Waals surface area contributed by atoms with E-state index in [1.165, 1.54) is 12.1 Å². The number of aromatic amines is 1. The van der Waals surface area contributed by atoms with Crippen LogP contribution < -0.4 is 5.73 Å². The van der Waals surface area contributed by atoms with Crippen LogP contribution in [0.4, 0.5) is 10.3 Å². The fraction of sp³-hybridized carbons (Fsp3) is 0. The molecule has 4 aromatic rings. The molecule has 23 heavy (non-hydrogen) atoms. The fourth-order valence-corrected chi connectivity index (χ4v) is 2.51. The Balaban J connectivity index is 2.01. The molecule has 0 spiro atoms. The van der Waals surface area contributed by atoms with Crippen LogP contribution in [-0.2, 0) is 0 Å². The van der Waals surface area contributed by atoms with Crippen LogP contribution in [0.15, 0.2) is 48.9 Å². The lowest BCUT2D eigenvalue weighted by Crippen LogP contribution is -2.02. The summed E-state index contributed by atoms with van der Waals surface area (Å²) < 4.78 is 13.6. The molecule has 0 bridgehead atoms. The number of hydrogen-bond donors (Lipinski definition) is 2. The van der Waals surface area contributed by atoms with Crippen LogP contribution in [0.2, 0.25) is 0 Å². The number of halogens is 1. The Kier molecular flexibility index (Phi) is 2.97. The van der Waals surface area contributed by atoms with E-state index in [1.54, 1.807) is 30.7 Å². The summed E-state index contributed by atoms with van der Waals surface area (Å²) in [4.78, 5) is 11.5. The van der Waals surface area contributed by atoms with Gasteiger partial charge in [-0.05, 0) is 30.3 Å². The number of aromatic nitrogens is 5. The number of hydrogen-bond acceptors (Lipinski definition) is 5. The molecule has 0 saturated carbocycles. The van der Waals surface area contributed by atoms with Gasteiger partial charge in [0.05, 0.1) is 0 Å². The molecule has 3 heterocycles. The summed E-state index contributed by atoms with van der Waals surface area (Å²) in [6.07, 6.45) is 5.09. The van der Waals surface area contributed by atoms with Crippen molar-refractivity contribution < 1.29 is 4.39 Å². The molecule has 112 valence electrons. The van der Waals surface area contributed by atoms with Gasteiger partial charge in [-0.25, -0.2) is 9.37 Å². The maximum absolute atomic E-state index is 13.6. The third-order valence-corrected chi connectivity index (χ3v) is 3.54. The third kappa shape index (κ3) is 2.28. The molecule has 3 aromatic heterocycles. The number of anilines is 1. The van der Waals surface area contributed by atoms with E-state index < -0.39 is 0 Å². The van der Waals surface area contributed by atoms with Crippen LogP contribution in [0.1, 0.15) is 0 Å². The zero-order chi connectivity index (χ0) is 15.8. The molecule has 0 fully saturated rings. The number of nitrogens with one attached hydrogen (secondary N) is 1. The molecule has 0 aliphatic rings. The lowest BCUT2D eigenvalue weighted by molar-refractivity contribution is 0.630. The van der Waals surface area contributed by atoms with Crippen molar-refractivity contribution in [3.63, 3.8) is 0 Å². The highest BCUT2D eigenvalue weighted by Crippen LogP contribution is 2.33. The minimum absolute atomic E-state index is 0.0541. The van der Waals surface area contributed by atoms with Crippen molar-refractivity contribution in [1.29, 1.82) is 0 Å². The summed E-state index contributed by atoms with van der Waals surface area (Å²) in [5.74, 6) is -0.269. The minimum Gasteiger partial charge on any atom is -0.366 e. The summed E-state index contributed by atoms with van der Waals surface area (Å²) in [5.41, 5.74) is 9.04. The number of rotatable bonds is 2. The maximum Gasteiger partial charge on any atom is 0.240 e. The summed E-state index contributed by atoms with van der Waals surface area (Å²) >= 11 is 0. The van der Waals surface area contributed by atoms with E-state index in [9.17, 15) is 4.39 Å². The average Bonchev–Trinajstić information content (AvgIpc) is 2.98. The molecular weight excluding hydrogens is 295 g/mol. The van der Waals surface area contributed by atoms with Crippen molar-refractivity contribution in [2.24, 2.45) is 0 Å². The van der Waals surface area contributed by atoms with Gasteiger partial charge in [0.25, 0.3) is 0 Å². The lowest BCUT2D eigenvalue weighted by atomic mass is 10.0. The molecule has 0 radical (unpaired) electrons. The number of fused-ring (bicyclic) bond motifs is 1. The van der Waals surface area contributed by atoms with E-state index in [0.717, 1.165) is 11.1 Å². The van der Waals surface area contributed by atoms with E-state index in [1.807, 2.05) is 6.07 Å². The van der Waals surface area contributed by atoms with Gasteiger partial charge >= 0.3 is 0 Å². The van der Waals surface area contributed by atoms with Crippen LogP contribution in [0, 0.1) is 5.82 Å². The molecule has 0 amide bonds. The topological polar surface area (TPSA) is 93.4 Å². The number of benzene rings is 1. The first-order valence-corrected chi connectivity index (χ1v) is 6.90. The lowest BCUT2D eigenvalue weighted by Gasteiger charge is -2.07. The smallest absolute Gasteiger partial charge is 0.240 e. The number of H-pyrrole nitrogens is 1. The Morgan fingerprint density at radius 2 is 2.00 bits per heavy atom. The van der Waals surface area contributed by atoms with Crippen LogP contribution in [-0.4, -0.2) is 25.1 Å². The first kappa shape index (κ1) is 13.3. The first-order valence-electron chi connectivity index (χ1n) is 6.90. The summed E-state index contributed by atoms with van der Waals surface area (Å²) in [5, 5.41) is 8.68. The molecule has 0 unspecified atom stereocenters. The second-order valence-electron chi connectivity index (χ2n) is 5.00. The van der Waals surface area contributed by atoms with Crippen molar-refractivity contribution in [2.75, 3.05) is 5.73 Å². The predicted octanol–water partition coefficient (Wildman–Crippen LogP) is 2.80. The Hall–Kier alpha value is -3.35. The van der Waals surface area contributed by atoms with Crippen molar-refractivity contribution in [2.45, 2.75) is 0 Å². The zero-order valence-corrected chi connectivity index (χ0v) is 11.9. The molecule has 0 aliphatic carbocycles. The van der Waals surface area contributed by atoms with Crippen LogP contribution >= 0.6 is 0 Å². The van der Waals surface area contributed by atoms with Gasteiger partial charge in [-0.3, -0.25) is 4.98 Å². The Bertz CT molecular complexity index is 996. The Morgan fingerprint density at radius 1 is 1.09 bits per heavy atom. The van der Waals surface area contributed by atoms with Crippen LogP contribution in [0.3, 0.4) is 0 Å². The van der Waals surface area contributed by atoms with Crippen molar-refractivity contribution in [3.05, 3.63) is 54.7 Å². The summed E-state index contributed by atoms with van der Waals surface area (Å²) in [7, 11) is 0. The van der Waals surface area contributed by atoms with Gasteiger partial charge in [0, 0.05) is 40.6 Å². The largest absolute Gasteiger partial charge is 0.366 e. The molecule has 1 aromatic carbocycles. The Labute approximate surface area is 130 Å². The SMILES string of the molecule is Nc1nnc(-c2cccnc2)c(-c2c[nH]c3ccc(F)cc23)n1. The van der Waals surface area contributed by atoms with Crippen molar-refractivity contribution in [1.82, 2.24) is 25.1 Å². The van der Waals surface area contributed by atoms with Gasteiger partial charge in [-0.15, -0.1) is 10.2 Å². The molecule has 0 saturated heterocycles. The minimum atomic E-state index is -0.323. The van der Waals surface area contributed by atoms with Gasteiger partial charge in [0.15, 0.2) is 0 Å². The van der Waals surface area contributed by atoms with Crippen LogP contribution in [0.5, 0.6) is 0 Å². The number of nitrogen functional groups attached to an aromatic ring is 1. The van der Waals surface area contributed by atoms with Gasteiger partial charge in [0.1, 0.15) is 17.2 Å². The normalized spacial score (nSPS) is 11.0. The molecule has 0 aliphatic heterocycles. The fourth-order valence-electron chi connectivity index (χ4n) is 2.51. The van der Waals surface area contributed by atoms with E-state index in [0.29, 0.717) is 22.3 Å². The van der Waals surface area contributed by atoms with Gasteiger partial charge < -0.3 is 10.7 Å². The number of pyridine rings is 1. The molecule has 7 heteroatoms. The summed E-state index contributed by atoms with van der Waals surface area (Å²) in [6.45, 7) is 0. The second kappa shape index (κ2) is 5.13. The van der Waals surface area contributed by atoms with Crippen LogP contribution in [0.25, 0.3) is 33.4 Å². The predicted molar refractivity (Wildman–Crippen MR) is 84.7 cm³/mol. The molecule has 0 atom stereocenters. The van der Waals surface area contributed by atoms with Crippen molar-refractivity contribution in [3.8, 4) is 22.5 Å². The monoisotopic (exact) mass is 306 g/mol. The maximum atomic E-state index is 13.6. The first-order chi connectivity index (χ1) is 11.2. The standard InChI is InChI=1S/C16H11FN6/c17-10-3-4-13-11(6-10)12(8-20-13)15-14(22-23-16(18)21-15)9-2-1-5-19-7-9/h1-8,20H,(H2,18,21,23). The number of nitrogens with two attached hydrogens (primary N) is 1. The summed E-state index contributed by atoms with van der Waals surface area (Å²) in [6, 6.07) is 8.18. The molecular formula is C16H11FN6. The molecule has 3 N–H and O–H groups in total. The molecule has 4 rings (SSSR count). The van der Waals surface area contributed by atoms with E-state index in [4.69, 9.17) is 5.73 Å². The van der Waals surface area contributed by atoms with Crippen molar-refractivity contribution >= 4 is 16.9 Å². The molecule has 6 nitrogen and oxygen atoms in total. The van der Waals surface area contributed by atoms with E-state index in [2.05, 4.69) is 25.1 Å². The highest BCUT2D eigenvalue weighted by atomic mass is 19.1. The second-order valence-corrected chi connectivity index (χ2v) is 5.00. The Morgan fingerprint density at radius 3 is 2.83 bits per heavy atom. The van der Waals surface area contributed by atoms with Gasteiger partial charge in [0.2, 0.25) is 5.95 Å². The highest BCUT2D eigenvalue weighted by Gasteiger charge is 2.16. The quantitative estimate of drug-likeness (QED) is 0.594. The van der Waals surface area contributed by atoms with Gasteiger partial charge in [-0.2, -0.15) is 0 Å². The average molecular weight is 306 g/mol.